The van der Waals surface area contributed by atoms with Gasteiger partial charge in [-0.05, 0) is 47.1 Å². The van der Waals surface area contributed by atoms with Crippen molar-refractivity contribution in [1.29, 1.82) is 0 Å². The molecule has 2 unspecified atom stereocenters. The number of rotatable bonds is 5. The molecule has 2 aliphatic heterocycles. The third kappa shape index (κ3) is 4.39. The number of hydrogen-bond donors (Lipinski definition) is 1. The maximum absolute atomic E-state index is 12.9. The lowest BCUT2D eigenvalue weighted by molar-refractivity contribution is -0.139. The summed E-state index contributed by atoms with van der Waals surface area (Å²) in [7, 11) is 6.23. The molecule has 0 saturated carbocycles. The Morgan fingerprint density at radius 3 is 2.43 bits per heavy atom. The van der Waals surface area contributed by atoms with Crippen LogP contribution in [0.4, 0.5) is 0 Å². The first-order valence-electron chi connectivity index (χ1n) is 7.96. The zero-order valence-corrected chi connectivity index (χ0v) is 13.6. The smallest absolute Gasteiger partial charge is 0.229 e. The van der Waals surface area contributed by atoms with Gasteiger partial charge in [0.2, 0.25) is 5.91 Å². The van der Waals surface area contributed by atoms with E-state index in [2.05, 4.69) is 21.7 Å². The normalized spacial score (nSPS) is 28.2. The molecule has 21 heavy (non-hydrogen) atoms. The number of amides is 1. The van der Waals surface area contributed by atoms with Gasteiger partial charge in [-0.2, -0.15) is 0 Å². The van der Waals surface area contributed by atoms with Crippen LogP contribution in [0.15, 0.2) is 0 Å². The molecule has 2 N–H and O–H groups in total. The molecule has 0 aliphatic carbocycles. The van der Waals surface area contributed by atoms with Crippen LogP contribution in [0.2, 0.25) is 0 Å². The standard InChI is InChI=1S/C15H30N4O2/c1-17(2)8-9-19(12-4-6-18(3)7-5-12)15(20)13-10-21-11-14(13)16/h12-14H,4-11,16H2,1-3H3. The highest BCUT2D eigenvalue weighted by molar-refractivity contribution is 5.80. The van der Waals surface area contributed by atoms with Gasteiger partial charge in [-0.1, -0.05) is 0 Å². The number of piperidine rings is 1. The van der Waals surface area contributed by atoms with E-state index in [0.717, 1.165) is 39.0 Å². The van der Waals surface area contributed by atoms with E-state index in [1.54, 1.807) is 0 Å². The number of likely N-dealkylation sites (tertiary alicyclic amines) is 1. The van der Waals surface area contributed by atoms with Gasteiger partial charge in [0, 0.05) is 25.2 Å². The number of hydrogen-bond acceptors (Lipinski definition) is 5. The van der Waals surface area contributed by atoms with Crippen molar-refractivity contribution in [1.82, 2.24) is 14.7 Å². The fraction of sp³-hybridized carbons (Fsp3) is 0.933. The van der Waals surface area contributed by atoms with Gasteiger partial charge in [-0.3, -0.25) is 4.79 Å². The van der Waals surface area contributed by atoms with Gasteiger partial charge in [-0.15, -0.1) is 0 Å². The third-order valence-corrected chi connectivity index (χ3v) is 4.64. The zero-order chi connectivity index (χ0) is 15.4. The van der Waals surface area contributed by atoms with Gasteiger partial charge in [0.05, 0.1) is 19.1 Å². The molecule has 122 valence electrons. The quantitative estimate of drug-likeness (QED) is 0.737. The predicted octanol–water partition coefficient (Wildman–Crippen LogP) is -0.555. The summed E-state index contributed by atoms with van der Waals surface area (Å²) in [5, 5.41) is 0. The number of nitrogens with zero attached hydrogens (tertiary/aromatic N) is 3. The molecule has 6 heteroatoms. The van der Waals surface area contributed by atoms with Crippen LogP contribution in [-0.4, -0.2) is 93.2 Å². The van der Waals surface area contributed by atoms with Gasteiger partial charge in [0.15, 0.2) is 0 Å². The van der Waals surface area contributed by atoms with Crippen molar-refractivity contribution in [2.45, 2.75) is 24.9 Å². The van der Waals surface area contributed by atoms with E-state index < -0.39 is 0 Å². The van der Waals surface area contributed by atoms with Crippen molar-refractivity contribution < 1.29 is 9.53 Å². The molecule has 2 aliphatic rings. The minimum absolute atomic E-state index is 0.148. The second-order valence-corrected chi connectivity index (χ2v) is 6.68. The number of carbonyl (C=O) groups is 1. The van der Waals surface area contributed by atoms with Crippen LogP contribution >= 0.6 is 0 Å². The monoisotopic (exact) mass is 298 g/mol. The fourth-order valence-electron chi connectivity index (χ4n) is 3.13. The molecular formula is C15H30N4O2. The van der Waals surface area contributed by atoms with Gasteiger partial charge in [-0.25, -0.2) is 0 Å². The lowest BCUT2D eigenvalue weighted by Crippen LogP contribution is -2.52. The highest BCUT2D eigenvalue weighted by atomic mass is 16.5. The molecule has 2 atom stereocenters. The van der Waals surface area contributed by atoms with E-state index in [0.29, 0.717) is 19.3 Å². The Hall–Kier alpha value is -0.690. The molecule has 2 heterocycles. The van der Waals surface area contributed by atoms with Crippen molar-refractivity contribution in [2.24, 2.45) is 11.7 Å². The van der Waals surface area contributed by atoms with Crippen LogP contribution in [-0.2, 0) is 9.53 Å². The summed E-state index contributed by atoms with van der Waals surface area (Å²) < 4.78 is 5.38. The average Bonchev–Trinajstić information content (AvgIpc) is 2.86. The van der Waals surface area contributed by atoms with Crippen molar-refractivity contribution >= 4 is 5.91 Å². The molecule has 0 radical (unpaired) electrons. The second-order valence-electron chi connectivity index (χ2n) is 6.68. The summed E-state index contributed by atoms with van der Waals surface area (Å²) in [4.78, 5) is 19.4. The van der Waals surface area contributed by atoms with E-state index >= 15 is 0 Å². The van der Waals surface area contributed by atoms with Crippen LogP contribution in [0, 0.1) is 5.92 Å². The van der Waals surface area contributed by atoms with Crippen LogP contribution in [0.5, 0.6) is 0 Å². The third-order valence-electron chi connectivity index (χ3n) is 4.64. The molecule has 2 fully saturated rings. The minimum atomic E-state index is -0.160. The Bertz CT molecular complexity index is 343. The number of likely N-dealkylation sites (N-methyl/N-ethyl adjacent to an activating group) is 1. The first kappa shape index (κ1) is 16.7. The van der Waals surface area contributed by atoms with Crippen molar-refractivity contribution in [3.63, 3.8) is 0 Å². The molecule has 0 spiro atoms. The zero-order valence-electron chi connectivity index (χ0n) is 13.6. The van der Waals surface area contributed by atoms with Crippen LogP contribution in [0.25, 0.3) is 0 Å². The van der Waals surface area contributed by atoms with E-state index in [9.17, 15) is 4.79 Å². The molecule has 0 aromatic heterocycles. The SMILES string of the molecule is CN(C)CCN(C(=O)C1COCC1N)C1CCN(C)CC1. The maximum atomic E-state index is 12.9. The van der Waals surface area contributed by atoms with E-state index in [1.807, 2.05) is 14.1 Å². The van der Waals surface area contributed by atoms with E-state index in [1.165, 1.54) is 0 Å². The Balaban J connectivity index is 2.02. The van der Waals surface area contributed by atoms with Crippen LogP contribution < -0.4 is 5.73 Å². The highest BCUT2D eigenvalue weighted by Crippen LogP contribution is 2.21. The summed E-state index contributed by atoms with van der Waals surface area (Å²) in [5.74, 6) is 0.0308. The van der Waals surface area contributed by atoms with Gasteiger partial charge in [0.1, 0.15) is 0 Å². The number of carbonyl (C=O) groups excluding carboxylic acids is 1. The molecule has 0 aromatic carbocycles. The van der Waals surface area contributed by atoms with Crippen LogP contribution in [0.1, 0.15) is 12.8 Å². The molecule has 2 rings (SSSR count). The molecule has 0 aromatic rings. The average molecular weight is 298 g/mol. The van der Waals surface area contributed by atoms with Gasteiger partial charge >= 0.3 is 0 Å². The maximum Gasteiger partial charge on any atom is 0.229 e. The van der Waals surface area contributed by atoms with Gasteiger partial charge in [0.25, 0.3) is 0 Å². The number of nitrogens with two attached hydrogens (primary N) is 1. The lowest BCUT2D eigenvalue weighted by Gasteiger charge is -2.39. The molecule has 6 nitrogen and oxygen atoms in total. The molecule has 2 saturated heterocycles. The Morgan fingerprint density at radius 1 is 1.24 bits per heavy atom. The highest BCUT2D eigenvalue weighted by Gasteiger charge is 2.37. The summed E-state index contributed by atoms with van der Waals surface area (Å²) >= 11 is 0. The topological polar surface area (TPSA) is 62.0 Å². The molecular weight excluding hydrogens is 268 g/mol. The van der Waals surface area contributed by atoms with E-state index in [4.69, 9.17) is 10.5 Å². The first-order chi connectivity index (χ1) is 9.99. The summed E-state index contributed by atoms with van der Waals surface area (Å²) in [5.41, 5.74) is 6.03. The Labute approximate surface area is 128 Å². The molecule has 0 bridgehead atoms. The fourth-order valence-corrected chi connectivity index (χ4v) is 3.13. The summed E-state index contributed by atoms with van der Waals surface area (Å²) in [6, 6.07) is 0.201. The Kier molecular flexibility index (Phi) is 5.98. The van der Waals surface area contributed by atoms with Crippen molar-refractivity contribution in [3.05, 3.63) is 0 Å². The van der Waals surface area contributed by atoms with Crippen molar-refractivity contribution in [2.75, 3.05) is 60.5 Å². The second kappa shape index (κ2) is 7.54. The van der Waals surface area contributed by atoms with E-state index in [-0.39, 0.29) is 17.9 Å². The van der Waals surface area contributed by atoms with Gasteiger partial charge < -0.3 is 25.2 Å². The molecule has 1 amide bonds. The number of ether oxygens (including phenoxy) is 1. The lowest BCUT2D eigenvalue weighted by atomic mass is 9.98. The largest absolute Gasteiger partial charge is 0.379 e. The predicted molar refractivity (Wildman–Crippen MR) is 83.1 cm³/mol. The minimum Gasteiger partial charge on any atom is -0.379 e. The summed E-state index contributed by atoms with van der Waals surface area (Å²) in [6.07, 6.45) is 2.11. The Morgan fingerprint density at radius 2 is 1.90 bits per heavy atom. The summed E-state index contributed by atoms with van der Waals surface area (Å²) in [6.45, 7) is 4.77. The van der Waals surface area contributed by atoms with Crippen molar-refractivity contribution in [3.8, 4) is 0 Å². The van der Waals surface area contributed by atoms with Crippen LogP contribution in [0.3, 0.4) is 0 Å². The first-order valence-corrected chi connectivity index (χ1v) is 7.96.